The molecular formula is C29H30N2O3. The topological polar surface area (TPSA) is 49.9 Å². The van der Waals surface area contributed by atoms with Gasteiger partial charge in [0.2, 0.25) is 0 Å². The van der Waals surface area contributed by atoms with Crippen molar-refractivity contribution >= 4 is 28.8 Å². The molecule has 3 aromatic rings. The lowest BCUT2D eigenvalue weighted by Crippen LogP contribution is -2.35. The van der Waals surface area contributed by atoms with Crippen LogP contribution in [0.5, 0.6) is 5.75 Å². The average molecular weight is 455 g/mol. The van der Waals surface area contributed by atoms with Gasteiger partial charge in [0.25, 0.3) is 11.8 Å². The van der Waals surface area contributed by atoms with Crippen molar-refractivity contribution in [1.29, 1.82) is 0 Å². The van der Waals surface area contributed by atoms with E-state index in [0.29, 0.717) is 29.3 Å². The molecule has 1 aliphatic heterocycles. The Balaban J connectivity index is 1.85. The van der Waals surface area contributed by atoms with Gasteiger partial charge in [0, 0.05) is 12.2 Å². The molecule has 1 heterocycles. The van der Waals surface area contributed by atoms with Gasteiger partial charge in [-0.05, 0) is 82.1 Å². The third kappa shape index (κ3) is 4.34. The number of rotatable bonds is 7. The summed E-state index contributed by atoms with van der Waals surface area (Å²) in [6.45, 7) is 10.4. The maximum Gasteiger partial charge on any atom is 0.282 e. The summed E-state index contributed by atoms with van der Waals surface area (Å²) < 4.78 is 5.73. The molecule has 0 aromatic heterocycles. The first kappa shape index (κ1) is 23.3. The SMILES string of the molecule is CCN(C1=C(c2ccc(C)cc2C)C(=O)N(c2ccc(OC(C)C)cc2)C1=O)c1ccccc1. The molecule has 5 nitrogen and oxygen atoms in total. The van der Waals surface area contributed by atoms with Crippen molar-refractivity contribution in [3.8, 4) is 5.75 Å². The van der Waals surface area contributed by atoms with Crippen molar-refractivity contribution < 1.29 is 14.3 Å². The van der Waals surface area contributed by atoms with Crippen molar-refractivity contribution in [2.45, 2.75) is 40.7 Å². The van der Waals surface area contributed by atoms with Crippen LogP contribution in [0.2, 0.25) is 0 Å². The fourth-order valence-corrected chi connectivity index (χ4v) is 4.36. The maximum absolute atomic E-state index is 13.9. The van der Waals surface area contributed by atoms with E-state index < -0.39 is 0 Å². The van der Waals surface area contributed by atoms with Crippen molar-refractivity contribution in [3.05, 3.63) is 95.2 Å². The Morgan fingerprint density at radius 2 is 1.56 bits per heavy atom. The van der Waals surface area contributed by atoms with E-state index in [0.717, 1.165) is 22.4 Å². The number of carbonyl (C=O) groups excluding carboxylic acids is 2. The van der Waals surface area contributed by atoms with Gasteiger partial charge in [0.15, 0.2) is 0 Å². The summed E-state index contributed by atoms with van der Waals surface area (Å²) in [7, 11) is 0. The van der Waals surface area contributed by atoms with E-state index in [2.05, 4.69) is 0 Å². The normalized spacial score (nSPS) is 13.8. The molecule has 0 unspecified atom stereocenters. The van der Waals surface area contributed by atoms with Crippen LogP contribution in [0.4, 0.5) is 11.4 Å². The van der Waals surface area contributed by atoms with E-state index in [1.807, 2.05) is 88.0 Å². The summed E-state index contributed by atoms with van der Waals surface area (Å²) >= 11 is 0. The monoisotopic (exact) mass is 454 g/mol. The molecule has 0 saturated carbocycles. The predicted molar refractivity (Wildman–Crippen MR) is 137 cm³/mol. The molecule has 2 amide bonds. The van der Waals surface area contributed by atoms with Crippen LogP contribution in [0.3, 0.4) is 0 Å². The lowest BCUT2D eigenvalue weighted by atomic mass is 9.97. The van der Waals surface area contributed by atoms with Crippen LogP contribution in [0.15, 0.2) is 78.5 Å². The Morgan fingerprint density at radius 1 is 0.882 bits per heavy atom. The van der Waals surface area contributed by atoms with Gasteiger partial charge < -0.3 is 9.64 Å². The van der Waals surface area contributed by atoms with Crippen LogP contribution in [0.1, 0.15) is 37.5 Å². The largest absolute Gasteiger partial charge is 0.491 e. The lowest BCUT2D eigenvalue weighted by molar-refractivity contribution is -0.120. The summed E-state index contributed by atoms with van der Waals surface area (Å²) in [5, 5.41) is 0. The molecule has 0 saturated heterocycles. The number of amides is 2. The van der Waals surface area contributed by atoms with Crippen LogP contribution in [-0.2, 0) is 9.59 Å². The molecule has 1 aliphatic rings. The highest BCUT2D eigenvalue weighted by molar-refractivity contribution is 6.46. The second-order valence-electron chi connectivity index (χ2n) is 8.73. The summed E-state index contributed by atoms with van der Waals surface area (Å²) in [5.41, 5.74) is 5.05. The van der Waals surface area contributed by atoms with E-state index in [4.69, 9.17) is 4.74 Å². The van der Waals surface area contributed by atoms with Gasteiger partial charge in [-0.1, -0.05) is 42.0 Å². The number of hydrogen-bond donors (Lipinski definition) is 0. The molecule has 0 spiro atoms. The zero-order valence-corrected chi connectivity index (χ0v) is 20.3. The zero-order chi connectivity index (χ0) is 24.4. The standard InChI is InChI=1S/C29H30N2O3/c1-6-30(22-10-8-7-9-11-22)27-26(25-17-12-20(4)18-21(25)5)28(32)31(29(27)33)23-13-15-24(16-14-23)34-19(2)3/h7-19H,6H2,1-5H3. The van der Waals surface area contributed by atoms with E-state index in [-0.39, 0.29) is 17.9 Å². The molecule has 34 heavy (non-hydrogen) atoms. The van der Waals surface area contributed by atoms with E-state index in [1.165, 1.54) is 4.90 Å². The van der Waals surface area contributed by atoms with Gasteiger partial charge in [-0.15, -0.1) is 0 Å². The van der Waals surface area contributed by atoms with Gasteiger partial charge in [-0.3, -0.25) is 9.59 Å². The number of nitrogens with zero attached hydrogens (tertiary/aromatic N) is 2. The minimum absolute atomic E-state index is 0.0364. The van der Waals surface area contributed by atoms with Crippen molar-refractivity contribution in [2.24, 2.45) is 0 Å². The summed E-state index contributed by atoms with van der Waals surface area (Å²) in [6.07, 6.45) is 0.0364. The summed E-state index contributed by atoms with van der Waals surface area (Å²) in [4.78, 5) is 31.0. The first-order valence-corrected chi connectivity index (χ1v) is 11.6. The number of benzene rings is 3. The minimum atomic E-state index is -0.330. The van der Waals surface area contributed by atoms with Crippen LogP contribution >= 0.6 is 0 Å². The number of ether oxygens (including phenoxy) is 1. The van der Waals surface area contributed by atoms with Crippen LogP contribution in [0.25, 0.3) is 5.57 Å². The Bertz CT molecular complexity index is 1240. The number of carbonyl (C=O) groups is 2. The molecule has 0 aliphatic carbocycles. The molecular weight excluding hydrogens is 424 g/mol. The fraction of sp³-hybridized carbons (Fsp3) is 0.241. The van der Waals surface area contributed by atoms with Gasteiger partial charge in [-0.2, -0.15) is 0 Å². The molecule has 174 valence electrons. The van der Waals surface area contributed by atoms with Gasteiger partial charge in [-0.25, -0.2) is 4.90 Å². The number of para-hydroxylation sites is 1. The molecule has 0 fully saturated rings. The van der Waals surface area contributed by atoms with E-state index in [9.17, 15) is 9.59 Å². The Kier molecular flexibility index (Phi) is 6.55. The third-order valence-electron chi connectivity index (χ3n) is 5.83. The van der Waals surface area contributed by atoms with Gasteiger partial charge in [0.05, 0.1) is 17.4 Å². The second-order valence-corrected chi connectivity index (χ2v) is 8.73. The molecule has 0 bridgehead atoms. The first-order valence-electron chi connectivity index (χ1n) is 11.6. The minimum Gasteiger partial charge on any atom is -0.491 e. The molecule has 0 radical (unpaired) electrons. The van der Waals surface area contributed by atoms with E-state index >= 15 is 0 Å². The molecule has 3 aromatic carbocycles. The highest BCUT2D eigenvalue weighted by Crippen LogP contribution is 2.38. The molecule has 0 atom stereocenters. The fourth-order valence-electron chi connectivity index (χ4n) is 4.36. The smallest absolute Gasteiger partial charge is 0.282 e. The average Bonchev–Trinajstić information content (AvgIpc) is 3.05. The van der Waals surface area contributed by atoms with Gasteiger partial charge >= 0.3 is 0 Å². The Labute approximate surface area is 201 Å². The van der Waals surface area contributed by atoms with Crippen LogP contribution in [-0.4, -0.2) is 24.5 Å². The number of aryl methyl sites for hydroxylation is 2. The maximum atomic E-state index is 13.9. The highest BCUT2D eigenvalue weighted by Gasteiger charge is 2.43. The van der Waals surface area contributed by atoms with Crippen molar-refractivity contribution in [3.63, 3.8) is 0 Å². The van der Waals surface area contributed by atoms with Gasteiger partial charge in [0.1, 0.15) is 11.4 Å². The molecule has 0 N–H and O–H groups in total. The summed E-state index contributed by atoms with van der Waals surface area (Å²) in [5.74, 6) is 0.0437. The first-order chi connectivity index (χ1) is 16.3. The number of hydrogen-bond acceptors (Lipinski definition) is 4. The number of anilines is 2. The summed E-state index contributed by atoms with van der Waals surface area (Å²) in [6, 6.07) is 22.8. The lowest BCUT2D eigenvalue weighted by Gasteiger charge is -2.25. The number of imide groups is 1. The predicted octanol–water partition coefficient (Wildman–Crippen LogP) is 5.90. The van der Waals surface area contributed by atoms with E-state index in [1.54, 1.807) is 24.3 Å². The molecule has 4 rings (SSSR count). The Hall–Kier alpha value is -3.86. The van der Waals surface area contributed by atoms with Crippen LogP contribution in [0, 0.1) is 13.8 Å². The number of likely N-dealkylation sites (N-methyl/N-ethyl adjacent to an activating group) is 1. The van der Waals surface area contributed by atoms with Crippen molar-refractivity contribution in [2.75, 3.05) is 16.3 Å². The quantitative estimate of drug-likeness (QED) is 0.417. The van der Waals surface area contributed by atoms with Crippen LogP contribution < -0.4 is 14.5 Å². The second kappa shape index (κ2) is 9.56. The zero-order valence-electron chi connectivity index (χ0n) is 20.3. The Morgan fingerprint density at radius 3 is 2.15 bits per heavy atom. The third-order valence-corrected chi connectivity index (χ3v) is 5.83. The highest BCUT2D eigenvalue weighted by atomic mass is 16.5. The molecule has 5 heteroatoms. The van der Waals surface area contributed by atoms with Crippen molar-refractivity contribution in [1.82, 2.24) is 0 Å².